The molecule has 0 aromatic heterocycles. The second-order valence-electron chi connectivity index (χ2n) is 4.53. The second kappa shape index (κ2) is 7.55. The number of nitrogens with zero attached hydrogens (tertiary/aromatic N) is 2. The van der Waals surface area contributed by atoms with Gasteiger partial charge in [0.05, 0.1) is 17.6 Å². The van der Waals surface area contributed by atoms with Crippen molar-refractivity contribution in [3.05, 3.63) is 33.9 Å². The maximum Gasteiger partial charge on any atom is 0.294 e. The summed E-state index contributed by atoms with van der Waals surface area (Å²) in [6.07, 6.45) is 0. The highest BCUT2D eigenvalue weighted by molar-refractivity contribution is 5.96. The summed E-state index contributed by atoms with van der Waals surface area (Å²) in [7, 11) is 1.56. The van der Waals surface area contributed by atoms with E-state index in [1.54, 1.807) is 12.0 Å². The van der Waals surface area contributed by atoms with Crippen LogP contribution in [0.25, 0.3) is 0 Å². The summed E-state index contributed by atoms with van der Waals surface area (Å²) < 4.78 is 5.04. The van der Waals surface area contributed by atoms with E-state index in [1.165, 1.54) is 18.2 Å². The number of rotatable bonds is 7. The van der Waals surface area contributed by atoms with Crippen molar-refractivity contribution in [1.82, 2.24) is 4.90 Å². The van der Waals surface area contributed by atoms with Gasteiger partial charge >= 0.3 is 0 Å². The summed E-state index contributed by atoms with van der Waals surface area (Å²) >= 11 is 0. The molecule has 0 bridgehead atoms. The fraction of sp³-hybridized carbons (Fsp3) is 0.462. The third-order valence-corrected chi connectivity index (χ3v) is 3.14. The van der Waals surface area contributed by atoms with Gasteiger partial charge in [-0.25, -0.2) is 0 Å². The average Bonchev–Trinajstić information content (AvgIpc) is 2.47. The van der Waals surface area contributed by atoms with Crippen LogP contribution >= 0.6 is 0 Å². The van der Waals surface area contributed by atoms with E-state index in [0.29, 0.717) is 13.2 Å². The largest absolute Gasteiger partial charge is 0.383 e. The summed E-state index contributed by atoms with van der Waals surface area (Å²) in [5.41, 5.74) is 2.40. The monoisotopic (exact) mass is 296 g/mol. The molecule has 1 aromatic rings. The number of anilines is 1. The number of nitrogens with one attached hydrogen (secondary N) is 1. The lowest BCUT2D eigenvalue weighted by molar-refractivity contribution is -0.384. The number of hydrazine groups is 1. The van der Waals surface area contributed by atoms with Gasteiger partial charge < -0.3 is 15.1 Å². The number of hydrogen-bond donors (Lipinski definition) is 2. The zero-order valence-electron chi connectivity index (χ0n) is 12.3. The number of benzene rings is 1. The minimum absolute atomic E-state index is 0.126. The summed E-state index contributed by atoms with van der Waals surface area (Å²) in [6, 6.07) is 4.02. The highest BCUT2D eigenvalue weighted by Crippen LogP contribution is 2.25. The van der Waals surface area contributed by atoms with Crippen molar-refractivity contribution < 1.29 is 14.5 Å². The first kappa shape index (κ1) is 16.9. The van der Waals surface area contributed by atoms with Crippen molar-refractivity contribution in [2.75, 3.05) is 25.7 Å². The Morgan fingerprint density at radius 1 is 1.57 bits per heavy atom. The zero-order valence-corrected chi connectivity index (χ0v) is 12.3. The van der Waals surface area contributed by atoms with Crippen molar-refractivity contribution in [2.45, 2.75) is 19.9 Å². The third-order valence-electron chi connectivity index (χ3n) is 3.14. The van der Waals surface area contributed by atoms with Crippen LogP contribution in [-0.2, 0) is 4.74 Å². The Bertz CT molecular complexity index is 521. The van der Waals surface area contributed by atoms with Crippen LogP contribution in [0.4, 0.5) is 11.4 Å². The molecule has 1 rings (SSSR count). The maximum absolute atomic E-state index is 12.5. The Morgan fingerprint density at radius 2 is 2.24 bits per heavy atom. The van der Waals surface area contributed by atoms with Gasteiger partial charge in [0.25, 0.3) is 11.6 Å². The summed E-state index contributed by atoms with van der Waals surface area (Å²) in [6.45, 7) is 4.57. The Morgan fingerprint density at radius 3 is 2.71 bits per heavy atom. The number of nitrogen functional groups attached to an aromatic ring is 1. The van der Waals surface area contributed by atoms with E-state index in [9.17, 15) is 14.9 Å². The van der Waals surface area contributed by atoms with E-state index < -0.39 is 4.92 Å². The number of carbonyl (C=O) groups is 1. The smallest absolute Gasteiger partial charge is 0.294 e. The van der Waals surface area contributed by atoms with E-state index in [0.717, 1.165) is 0 Å². The molecule has 8 heteroatoms. The van der Waals surface area contributed by atoms with Crippen LogP contribution in [0.2, 0.25) is 0 Å². The number of amides is 1. The van der Waals surface area contributed by atoms with Gasteiger partial charge in [-0.1, -0.05) is 0 Å². The molecule has 0 radical (unpaired) electrons. The van der Waals surface area contributed by atoms with Crippen molar-refractivity contribution in [1.29, 1.82) is 0 Å². The molecule has 1 aromatic carbocycles. The molecular weight excluding hydrogens is 276 g/mol. The lowest BCUT2D eigenvalue weighted by atomic mass is 10.1. The van der Waals surface area contributed by atoms with Crippen LogP contribution in [0, 0.1) is 10.1 Å². The van der Waals surface area contributed by atoms with E-state index in [4.69, 9.17) is 10.6 Å². The number of likely N-dealkylation sites (N-methyl/N-ethyl adjacent to an activating group) is 1. The molecule has 0 fully saturated rings. The predicted molar refractivity (Wildman–Crippen MR) is 79.0 cm³/mol. The molecule has 8 nitrogen and oxygen atoms in total. The molecule has 0 saturated heterocycles. The second-order valence-corrected chi connectivity index (χ2v) is 4.53. The quantitative estimate of drug-likeness (QED) is 0.446. The number of nitro groups is 1. The molecule has 1 atom stereocenters. The molecule has 1 unspecified atom stereocenters. The molecule has 0 aliphatic carbocycles. The van der Waals surface area contributed by atoms with Crippen LogP contribution in [-0.4, -0.2) is 42.0 Å². The highest BCUT2D eigenvalue weighted by Gasteiger charge is 2.23. The van der Waals surface area contributed by atoms with Crippen molar-refractivity contribution >= 4 is 17.3 Å². The molecule has 116 valence electrons. The third kappa shape index (κ3) is 3.89. The van der Waals surface area contributed by atoms with Crippen LogP contribution in [0.5, 0.6) is 0 Å². The molecule has 3 N–H and O–H groups in total. The number of carbonyl (C=O) groups excluding carboxylic acids is 1. The molecule has 0 heterocycles. The summed E-state index contributed by atoms with van der Waals surface area (Å²) in [5, 5.41) is 11.0. The van der Waals surface area contributed by atoms with Gasteiger partial charge in [-0.3, -0.25) is 20.8 Å². The number of hydrogen-bond acceptors (Lipinski definition) is 6. The SMILES string of the molecule is CCN(C(=O)c1ccc(NN)c([N+](=O)[O-])c1)C(C)COC. The number of ether oxygens (including phenoxy) is 1. The van der Waals surface area contributed by atoms with Gasteiger partial charge in [-0.15, -0.1) is 0 Å². The Hall–Kier alpha value is -2.19. The van der Waals surface area contributed by atoms with Gasteiger partial charge in [0.2, 0.25) is 0 Å². The first-order valence-electron chi connectivity index (χ1n) is 6.51. The number of nitrogens with two attached hydrogens (primary N) is 1. The molecule has 0 saturated carbocycles. The number of nitro benzene ring substituents is 1. The Labute approximate surface area is 123 Å². The van der Waals surface area contributed by atoms with Crippen LogP contribution in [0.15, 0.2) is 18.2 Å². The van der Waals surface area contributed by atoms with Crippen molar-refractivity contribution in [3.63, 3.8) is 0 Å². The molecule has 1 amide bonds. The minimum atomic E-state index is -0.582. The van der Waals surface area contributed by atoms with E-state index in [-0.39, 0.29) is 28.9 Å². The summed E-state index contributed by atoms with van der Waals surface area (Å²) in [4.78, 5) is 24.5. The van der Waals surface area contributed by atoms with Crippen LogP contribution < -0.4 is 11.3 Å². The molecule has 0 aliphatic rings. The molecule has 21 heavy (non-hydrogen) atoms. The Balaban J connectivity index is 3.11. The maximum atomic E-state index is 12.5. The van der Waals surface area contributed by atoms with Crippen LogP contribution in [0.1, 0.15) is 24.2 Å². The lowest BCUT2D eigenvalue weighted by Gasteiger charge is -2.27. The Kier molecular flexibility index (Phi) is 6.07. The van der Waals surface area contributed by atoms with Crippen molar-refractivity contribution in [2.24, 2.45) is 5.84 Å². The fourth-order valence-corrected chi connectivity index (χ4v) is 2.09. The van der Waals surface area contributed by atoms with E-state index >= 15 is 0 Å². The predicted octanol–water partition coefficient (Wildman–Crippen LogP) is 1.38. The van der Waals surface area contributed by atoms with Gasteiger partial charge in [-0.05, 0) is 26.0 Å². The first-order valence-corrected chi connectivity index (χ1v) is 6.51. The molecule has 0 aliphatic heterocycles. The highest BCUT2D eigenvalue weighted by atomic mass is 16.6. The zero-order chi connectivity index (χ0) is 16.0. The topological polar surface area (TPSA) is 111 Å². The van der Waals surface area contributed by atoms with E-state index in [1.807, 2.05) is 13.8 Å². The fourth-order valence-electron chi connectivity index (χ4n) is 2.09. The van der Waals surface area contributed by atoms with Gasteiger partial charge in [0, 0.05) is 25.3 Å². The standard InChI is InChI=1S/C13H20N4O4/c1-4-16(9(2)8-21-3)13(18)10-5-6-11(15-14)12(7-10)17(19)20/h5-7,9,15H,4,8,14H2,1-3H3. The van der Waals surface area contributed by atoms with Gasteiger partial charge in [-0.2, -0.15) is 0 Å². The van der Waals surface area contributed by atoms with Crippen molar-refractivity contribution in [3.8, 4) is 0 Å². The number of methoxy groups -OCH3 is 1. The van der Waals surface area contributed by atoms with E-state index in [2.05, 4.69) is 5.43 Å². The normalized spacial score (nSPS) is 11.8. The lowest BCUT2D eigenvalue weighted by Crippen LogP contribution is -2.40. The average molecular weight is 296 g/mol. The van der Waals surface area contributed by atoms with Crippen LogP contribution in [0.3, 0.4) is 0 Å². The van der Waals surface area contributed by atoms with Gasteiger partial charge in [0.15, 0.2) is 0 Å². The minimum Gasteiger partial charge on any atom is -0.383 e. The molecular formula is C13H20N4O4. The summed E-state index contributed by atoms with van der Waals surface area (Å²) in [5.74, 6) is 4.94. The molecule has 0 spiro atoms. The van der Waals surface area contributed by atoms with Gasteiger partial charge in [0.1, 0.15) is 5.69 Å². The first-order chi connectivity index (χ1) is 9.96.